The molecule has 3 rings (SSSR count). The Kier molecular flexibility index (Phi) is 7.55. The van der Waals surface area contributed by atoms with Gasteiger partial charge in [-0.05, 0) is 43.4 Å². The van der Waals surface area contributed by atoms with Gasteiger partial charge in [-0.3, -0.25) is 4.79 Å². The molecule has 5 nitrogen and oxygen atoms in total. The van der Waals surface area contributed by atoms with Gasteiger partial charge in [0.05, 0.1) is 23.0 Å². The van der Waals surface area contributed by atoms with Crippen molar-refractivity contribution in [1.29, 1.82) is 0 Å². The summed E-state index contributed by atoms with van der Waals surface area (Å²) in [5, 5.41) is 29.7. The molecule has 2 fully saturated rings. The minimum absolute atomic E-state index is 0.0342. The first-order chi connectivity index (χ1) is 14.4. The zero-order valence-corrected chi connectivity index (χ0v) is 17.9. The highest BCUT2D eigenvalue weighted by atomic mass is 32.2. The van der Waals surface area contributed by atoms with Crippen LogP contribution in [-0.4, -0.2) is 44.5 Å². The maximum Gasteiger partial charge on any atom is 0.335 e. The number of allylic oxidation sites excluding steroid dienone is 1. The van der Waals surface area contributed by atoms with E-state index in [2.05, 4.69) is 6.58 Å². The van der Waals surface area contributed by atoms with Crippen molar-refractivity contribution in [2.24, 2.45) is 11.3 Å². The average molecular weight is 431 g/mol. The molecule has 162 valence electrons. The summed E-state index contributed by atoms with van der Waals surface area (Å²) < 4.78 is 0. The number of thioether (sulfide) groups is 1. The molecule has 4 atom stereocenters. The molecule has 0 radical (unpaired) electrons. The van der Waals surface area contributed by atoms with E-state index in [4.69, 9.17) is 5.11 Å². The van der Waals surface area contributed by atoms with Gasteiger partial charge in [-0.2, -0.15) is 0 Å². The van der Waals surface area contributed by atoms with Crippen LogP contribution in [0.2, 0.25) is 0 Å². The quantitative estimate of drug-likeness (QED) is 0.486. The molecule has 0 bridgehead atoms. The van der Waals surface area contributed by atoms with Gasteiger partial charge in [-0.25, -0.2) is 4.79 Å². The fourth-order valence-electron chi connectivity index (χ4n) is 4.44. The van der Waals surface area contributed by atoms with E-state index in [0.717, 1.165) is 31.2 Å². The number of carboxylic acid groups (broad SMARTS) is 1. The van der Waals surface area contributed by atoms with Crippen molar-refractivity contribution >= 4 is 23.5 Å². The van der Waals surface area contributed by atoms with Crippen LogP contribution in [-0.2, 0) is 10.5 Å². The molecule has 1 aromatic rings. The highest BCUT2D eigenvalue weighted by Crippen LogP contribution is 2.48. The molecule has 0 spiro atoms. The molecule has 2 aliphatic carbocycles. The van der Waals surface area contributed by atoms with Crippen LogP contribution in [0, 0.1) is 11.3 Å². The Hall–Kier alpha value is -1.89. The van der Waals surface area contributed by atoms with Crippen LogP contribution in [0.4, 0.5) is 0 Å². The van der Waals surface area contributed by atoms with Crippen LogP contribution in [0.15, 0.2) is 49.1 Å². The number of carbonyl (C=O) groups is 2. The van der Waals surface area contributed by atoms with Crippen LogP contribution < -0.4 is 0 Å². The molecule has 0 amide bonds. The lowest BCUT2D eigenvalue weighted by molar-refractivity contribution is -0.117. The van der Waals surface area contributed by atoms with Crippen molar-refractivity contribution in [1.82, 2.24) is 0 Å². The molecule has 30 heavy (non-hydrogen) atoms. The number of aliphatic hydroxyl groups excluding tert-OH is 2. The number of benzene rings is 1. The number of hydrogen-bond acceptors (Lipinski definition) is 5. The van der Waals surface area contributed by atoms with Crippen LogP contribution in [0.1, 0.15) is 54.4 Å². The summed E-state index contributed by atoms with van der Waals surface area (Å²) in [5.74, 6) is -0.637. The largest absolute Gasteiger partial charge is 0.478 e. The Balaban J connectivity index is 1.58. The molecular formula is C24H30O5S. The molecule has 2 aliphatic rings. The predicted molar refractivity (Wildman–Crippen MR) is 118 cm³/mol. The van der Waals surface area contributed by atoms with E-state index in [1.165, 1.54) is 11.8 Å². The fourth-order valence-corrected chi connectivity index (χ4v) is 5.78. The first-order valence-electron chi connectivity index (χ1n) is 10.5. The monoisotopic (exact) mass is 430 g/mol. The van der Waals surface area contributed by atoms with Crippen LogP contribution in [0.25, 0.3) is 0 Å². The first-order valence-corrected chi connectivity index (χ1v) is 11.5. The van der Waals surface area contributed by atoms with Crippen molar-refractivity contribution in [3.63, 3.8) is 0 Å². The van der Waals surface area contributed by atoms with E-state index < -0.39 is 18.2 Å². The van der Waals surface area contributed by atoms with Crippen molar-refractivity contribution in [3.05, 3.63) is 60.2 Å². The molecule has 1 aromatic carbocycles. The highest BCUT2D eigenvalue weighted by molar-refractivity contribution is 7.99. The first kappa shape index (κ1) is 22.8. The minimum Gasteiger partial charge on any atom is -0.478 e. The van der Waals surface area contributed by atoms with Crippen molar-refractivity contribution in [2.45, 2.75) is 61.7 Å². The van der Waals surface area contributed by atoms with Gasteiger partial charge in [-0.15, -0.1) is 18.3 Å². The lowest BCUT2D eigenvalue weighted by Crippen LogP contribution is -2.40. The van der Waals surface area contributed by atoms with E-state index in [1.807, 2.05) is 18.2 Å². The molecule has 3 N–H and O–H groups in total. The number of rotatable bonds is 10. The van der Waals surface area contributed by atoms with E-state index in [-0.39, 0.29) is 34.4 Å². The number of carboxylic acids is 1. The normalized spacial score (nSPS) is 26.5. The third-order valence-corrected chi connectivity index (χ3v) is 7.91. The molecule has 0 aliphatic heterocycles. The van der Waals surface area contributed by atoms with Gasteiger partial charge in [0.25, 0.3) is 0 Å². The molecular weight excluding hydrogens is 400 g/mol. The second-order valence-corrected chi connectivity index (χ2v) is 9.57. The number of carbonyl (C=O) groups excluding carboxylic acids is 1. The van der Waals surface area contributed by atoms with Crippen LogP contribution >= 0.6 is 11.8 Å². The third-order valence-electron chi connectivity index (χ3n) is 6.48. The second kappa shape index (κ2) is 9.94. The van der Waals surface area contributed by atoms with Crippen molar-refractivity contribution in [2.75, 3.05) is 0 Å². The Morgan fingerprint density at radius 2 is 2.00 bits per heavy atom. The fraction of sp³-hybridized carbons (Fsp3) is 0.500. The number of aliphatic hydroxyl groups is 2. The van der Waals surface area contributed by atoms with Crippen LogP contribution in [0.5, 0.6) is 0 Å². The zero-order chi connectivity index (χ0) is 21.7. The van der Waals surface area contributed by atoms with Gasteiger partial charge in [0, 0.05) is 23.5 Å². The number of hydrogen-bond donors (Lipinski definition) is 3. The number of aromatic carboxylic acids is 1. The Labute approximate surface area is 181 Å². The van der Waals surface area contributed by atoms with Gasteiger partial charge in [-0.1, -0.05) is 36.8 Å². The molecule has 0 aromatic heterocycles. The van der Waals surface area contributed by atoms with E-state index in [1.54, 1.807) is 24.3 Å². The van der Waals surface area contributed by atoms with Crippen LogP contribution in [0.3, 0.4) is 0 Å². The lowest BCUT2D eigenvalue weighted by atomic mass is 9.62. The maximum atomic E-state index is 12.4. The Morgan fingerprint density at radius 1 is 1.30 bits per heavy atom. The Bertz CT molecular complexity index is 796. The van der Waals surface area contributed by atoms with Gasteiger partial charge in [0.2, 0.25) is 0 Å². The predicted octanol–water partition coefficient (Wildman–Crippen LogP) is 3.99. The third kappa shape index (κ3) is 5.05. The summed E-state index contributed by atoms with van der Waals surface area (Å²) in [4.78, 5) is 23.4. The lowest BCUT2D eigenvalue weighted by Gasteiger charge is -2.45. The van der Waals surface area contributed by atoms with Crippen molar-refractivity contribution < 1.29 is 24.9 Å². The molecule has 6 heteroatoms. The maximum absolute atomic E-state index is 12.4. The van der Waals surface area contributed by atoms with E-state index in [0.29, 0.717) is 12.2 Å². The summed E-state index contributed by atoms with van der Waals surface area (Å²) in [7, 11) is 0. The number of Topliss-reactive ketones (excluding diaryl/α,β-unsaturated/α-hetero) is 1. The van der Waals surface area contributed by atoms with Gasteiger partial charge in [0.1, 0.15) is 5.78 Å². The summed E-state index contributed by atoms with van der Waals surface area (Å²) in [5.41, 5.74) is 1.11. The highest BCUT2D eigenvalue weighted by Gasteiger charge is 2.42. The van der Waals surface area contributed by atoms with E-state index in [9.17, 15) is 19.8 Å². The molecule has 0 heterocycles. The van der Waals surface area contributed by atoms with Gasteiger partial charge < -0.3 is 15.3 Å². The summed E-state index contributed by atoms with van der Waals surface area (Å²) in [6.45, 7) is 3.81. The number of ketones is 1. The van der Waals surface area contributed by atoms with Gasteiger partial charge >= 0.3 is 5.97 Å². The smallest absolute Gasteiger partial charge is 0.335 e. The summed E-state index contributed by atoms with van der Waals surface area (Å²) in [6, 6.07) is 6.63. The average Bonchev–Trinajstić information content (AvgIpc) is 2.95. The van der Waals surface area contributed by atoms with Crippen molar-refractivity contribution in [3.8, 4) is 0 Å². The molecule has 0 saturated heterocycles. The minimum atomic E-state index is -0.965. The molecule has 3 unspecified atom stereocenters. The Morgan fingerprint density at radius 3 is 2.57 bits per heavy atom. The SMILES string of the molecule is C=CCC1(C(O)CC=C[C@H]2C(O)CC(=O)C2SCc2ccc(C(=O)O)cc2)CCC1. The van der Waals surface area contributed by atoms with Gasteiger partial charge in [0.15, 0.2) is 0 Å². The van der Waals surface area contributed by atoms with E-state index >= 15 is 0 Å². The standard InChI is InChI=1S/C24H30O5S/c1-2-11-24(12-4-13-24)21(27)6-3-5-18-19(25)14-20(26)22(18)30-15-16-7-9-17(10-8-16)23(28)29/h2-3,5,7-10,18-19,21-22,25,27H,1,4,6,11-15H2,(H,28,29)/t18-,19?,21?,22?/m0/s1. The molecule has 2 saturated carbocycles. The second-order valence-electron chi connectivity index (χ2n) is 8.44. The summed E-state index contributed by atoms with van der Waals surface area (Å²) in [6.07, 6.45) is 9.17. The topological polar surface area (TPSA) is 94.8 Å². The zero-order valence-electron chi connectivity index (χ0n) is 17.1. The summed E-state index contributed by atoms with van der Waals surface area (Å²) >= 11 is 1.48.